The van der Waals surface area contributed by atoms with Crippen LogP contribution in [-0.2, 0) is 22.6 Å². The first kappa shape index (κ1) is 24.2. The Morgan fingerprint density at radius 3 is 2.56 bits per heavy atom. The number of likely N-dealkylation sites (N-methyl/N-ethyl adjacent to an activating group) is 1. The summed E-state index contributed by atoms with van der Waals surface area (Å²) in [5.74, 6) is 2.62. The fraction of sp³-hybridized carbons (Fsp3) is 0.615. The SMILES string of the molecule is CCN1CCOc2ccccc2CCCCC2(CCN(C(=O)Cn3nc(C)nc3C)CC2)C1=O. The quantitative estimate of drug-likeness (QED) is 0.693. The Morgan fingerprint density at radius 2 is 1.85 bits per heavy atom. The van der Waals surface area contributed by atoms with Gasteiger partial charge < -0.3 is 14.5 Å². The van der Waals surface area contributed by atoms with Gasteiger partial charge in [0.2, 0.25) is 11.8 Å². The zero-order valence-electron chi connectivity index (χ0n) is 20.8. The van der Waals surface area contributed by atoms with Crippen molar-refractivity contribution in [3.63, 3.8) is 0 Å². The molecule has 1 saturated heterocycles. The predicted molar refractivity (Wildman–Crippen MR) is 129 cm³/mol. The van der Waals surface area contributed by atoms with Crippen molar-refractivity contribution in [3.05, 3.63) is 41.5 Å². The summed E-state index contributed by atoms with van der Waals surface area (Å²) in [6.07, 6.45) is 5.26. The van der Waals surface area contributed by atoms with Gasteiger partial charge in [-0.1, -0.05) is 24.6 Å². The molecule has 0 radical (unpaired) electrons. The number of hydrogen-bond donors (Lipinski definition) is 0. The second kappa shape index (κ2) is 10.6. The van der Waals surface area contributed by atoms with Crippen LogP contribution in [0.3, 0.4) is 0 Å². The van der Waals surface area contributed by atoms with Crippen LogP contribution >= 0.6 is 0 Å². The normalized spacial score (nSPS) is 19.2. The molecule has 8 heteroatoms. The highest BCUT2D eigenvalue weighted by Crippen LogP contribution is 2.39. The maximum absolute atomic E-state index is 13.8. The fourth-order valence-electron chi connectivity index (χ4n) is 5.33. The Hall–Kier alpha value is -2.90. The number of nitrogens with zero attached hydrogens (tertiary/aromatic N) is 5. The van der Waals surface area contributed by atoms with Gasteiger partial charge in [-0.25, -0.2) is 9.67 Å². The highest BCUT2D eigenvalue weighted by Gasteiger charge is 2.43. The van der Waals surface area contributed by atoms with Crippen LogP contribution in [0.2, 0.25) is 0 Å². The molecule has 0 saturated carbocycles. The Morgan fingerprint density at radius 1 is 1.09 bits per heavy atom. The molecule has 4 rings (SSSR count). The lowest BCUT2D eigenvalue weighted by atomic mass is 9.73. The largest absolute Gasteiger partial charge is 0.491 e. The van der Waals surface area contributed by atoms with Crippen molar-refractivity contribution in [2.75, 3.05) is 32.8 Å². The van der Waals surface area contributed by atoms with Crippen LogP contribution in [0.1, 0.15) is 56.2 Å². The fourth-order valence-corrected chi connectivity index (χ4v) is 5.33. The Balaban J connectivity index is 1.44. The minimum Gasteiger partial charge on any atom is -0.491 e. The van der Waals surface area contributed by atoms with Gasteiger partial charge >= 0.3 is 0 Å². The highest BCUT2D eigenvalue weighted by atomic mass is 16.5. The van der Waals surface area contributed by atoms with E-state index in [1.165, 1.54) is 5.56 Å². The van der Waals surface area contributed by atoms with E-state index in [0.29, 0.717) is 51.5 Å². The third-order valence-corrected chi connectivity index (χ3v) is 7.39. The summed E-state index contributed by atoms with van der Waals surface area (Å²) in [6, 6.07) is 8.23. The zero-order chi connectivity index (χ0) is 24.1. The number of carbonyl (C=O) groups is 2. The van der Waals surface area contributed by atoms with E-state index in [4.69, 9.17) is 4.74 Å². The molecule has 2 aromatic rings. The number of amides is 2. The van der Waals surface area contributed by atoms with E-state index in [1.54, 1.807) is 4.68 Å². The van der Waals surface area contributed by atoms with Gasteiger partial charge in [-0.3, -0.25) is 9.59 Å². The van der Waals surface area contributed by atoms with Crippen molar-refractivity contribution in [3.8, 4) is 5.75 Å². The summed E-state index contributed by atoms with van der Waals surface area (Å²) in [5.41, 5.74) is 0.844. The number of ether oxygens (including phenoxy) is 1. The van der Waals surface area contributed by atoms with E-state index in [2.05, 4.69) is 22.2 Å². The minimum absolute atomic E-state index is 0.0424. The molecule has 2 amide bonds. The van der Waals surface area contributed by atoms with Gasteiger partial charge in [0.05, 0.1) is 12.0 Å². The number of hydrogen-bond acceptors (Lipinski definition) is 5. The Bertz CT molecular complexity index is 1010. The molecule has 1 aromatic carbocycles. The third kappa shape index (κ3) is 5.26. The highest BCUT2D eigenvalue weighted by molar-refractivity contribution is 5.83. The molecule has 2 aliphatic heterocycles. The lowest BCUT2D eigenvalue weighted by Gasteiger charge is -2.43. The molecule has 0 atom stereocenters. The van der Waals surface area contributed by atoms with Gasteiger partial charge in [-0.15, -0.1) is 0 Å². The van der Waals surface area contributed by atoms with Crippen LogP contribution in [0.5, 0.6) is 5.75 Å². The van der Waals surface area contributed by atoms with Crippen LogP contribution in [0.15, 0.2) is 24.3 Å². The molecule has 1 aromatic heterocycles. The van der Waals surface area contributed by atoms with Gasteiger partial charge in [-0.2, -0.15) is 5.10 Å². The molecular weight excluding hydrogens is 430 g/mol. The van der Waals surface area contributed by atoms with Crippen molar-refractivity contribution in [1.29, 1.82) is 0 Å². The standard InChI is InChI=1S/C26H37N5O3/c1-4-29-17-18-34-23-11-6-5-9-22(23)10-7-8-12-26(25(29)33)13-15-30(16-14-26)24(32)19-31-21(3)27-20(2)28-31/h5-6,9,11H,4,7-8,10,12-19H2,1-3H3. The van der Waals surface area contributed by atoms with Crippen LogP contribution < -0.4 is 4.74 Å². The maximum atomic E-state index is 13.8. The number of likely N-dealkylation sites (tertiary alicyclic amines) is 1. The van der Waals surface area contributed by atoms with E-state index in [1.807, 2.05) is 42.7 Å². The second-order valence-corrected chi connectivity index (χ2v) is 9.57. The smallest absolute Gasteiger partial charge is 0.244 e. The molecule has 2 aliphatic rings. The number of fused-ring (bicyclic) bond motifs is 1. The average molecular weight is 468 g/mol. The van der Waals surface area contributed by atoms with Crippen LogP contribution in [0, 0.1) is 19.3 Å². The van der Waals surface area contributed by atoms with Crippen molar-refractivity contribution in [2.24, 2.45) is 5.41 Å². The van der Waals surface area contributed by atoms with E-state index < -0.39 is 5.41 Å². The number of carbonyl (C=O) groups excluding carboxylic acids is 2. The van der Waals surface area contributed by atoms with Crippen molar-refractivity contribution in [1.82, 2.24) is 24.6 Å². The monoisotopic (exact) mass is 467 g/mol. The van der Waals surface area contributed by atoms with Gasteiger partial charge in [0, 0.05) is 19.6 Å². The first-order chi connectivity index (χ1) is 16.4. The molecule has 0 unspecified atom stereocenters. The van der Waals surface area contributed by atoms with Gasteiger partial charge in [-0.05, 0) is 64.5 Å². The van der Waals surface area contributed by atoms with E-state index in [-0.39, 0.29) is 18.4 Å². The summed E-state index contributed by atoms with van der Waals surface area (Å²) in [5, 5.41) is 4.32. The molecule has 0 N–H and O–H groups in total. The topological polar surface area (TPSA) is 80.6 Å². The molecule has 0 bridgehead atoms. The van der Waals surface area contributed by atoms with E-state index >= 15 is 0 Å². The number of piperidine rings is 1. The summed E-state index contributed by atoms with van der Waals surface area (Å²) in [4.78, 5) is 34.9. The van der Waals surface area contributed by atoms with E-state index in [0.717, 1.165) is 37.3 Å². The Labute approximate surface area is 202 Å². The molecule has 1 spiro atoms. The molecule has 8 nitrogen and oxygen atoms in total. The van der Waals surface area contributed by atoms with Gasteiger partial charge in [0.15, 0.2) is 0 Å². The minimum atomic E-state index is -0.398. The number of rotatable bonds is 3. The number of para-hydroxylation sites is 1. The maximum Gasteiger partial charge on any atom is 0.244 e. The first-order valence-corrected chi connectivity index (χ1v) is 12.6. The molecule has 184 valence electrons. The Kier molecular flexibility index (Phi) is 7.54. The number of benzene rings is 1. The molecule has 34 heavy (non-hydrogen) atoms. The first-order valence-electron chi connectivity index (χ1n) is 12.6. The molecule has 1 fully saturated rings. The molecular formula is C26H37N5O3. The van der Waals surface area contributed by atoms with Gasteiger partial charge in [0.25, 0.3) is 0 Å². The van der Waals surface area contributed by atoms with E-state index in [9.17, 15) is 9.59 Å². The van der Waals surface area contributed by atoms with Gasteiger partial charge in [0.1, 0.15) is 30.5 Å². The van der Waals surface area contributed by atoms with Crippen molar-refractivity contribution in [2.45, 2.75) is 65.8 Å². The second-order valence-electron chi connectivity index (χ2n) is 9.57. The summed E-state index contributed by atoms with van der Waals surface area (Å²) < 4.78 is 7.74. The number of aryl methyl sites for hydroxylation is 3. The lowest BCUT2D eigenvalue weighted by Crippen LogP contribution is -2.52. The third-order valence-electron chi connectivity index (χ3n) is 7.39. The van der Waals surface area contributed by atoms with Crippen molar-refractivity contribution < 1.29 is 14.3 Å². The predicted octanol–water partition coefficient (Wildman–Crippen LogP) is 3.16. The zero-order valence-corrected chi connectivity index (χ0v) is 20.8. The average Bonchev–Trinajstić information content (AvgIpc) is 3.15. The molecule has 3 heterocycles. The summed E-state index contributed by atoms with van der Waals surface area (Å²) >= 11 is 0. The van der Waals surface area contributed by atoms with Crippen molar-refractivity contribution >= 4 is 11.8 Å². The lowest BCUT2D eigenvalue weighted by molar-refractivity contribution is -0.149. The van der Waals surface area contributed by atoms with Crippen LogP contribution in [0.4, 0.5) is 0 Å². The summed E-state index contributed by atoms with van der Waals surface area (Å²) in [7, 11) is 0. The van der Waals surface area contributed by atoms with Crippen LogP contribution in [0.25, 0.3) is 0 Å². The molecule has 0 aliphatic carbocycles. The van der Waals surface area contributed by atoms with Crippen LogP contribution in [-0.4, -0.2) is 69.2 Å². The summed E-state index contributed by atoms with van der Waals surface area (Å²) in [6.45, 7) is 8.88. The number of aromatic nitrogens is 3.